The van der Waals surface area contributed by atoms with Crippen LogP contribution in [-0.4, -0.2) is 41.3 Å². The van der Waals surface area contributed by atoms with Gasteiger partial charge in [0.2, 0.25) is 10.3 Å². The van der Waals surface area contributed by atoms with E-state index in [1.807, 2.05) is 0 Å². The highest BCUT2D eigenvalue weighted by Crippen LogP contribution is 2.18. The molecule has 98 valence electrons. The van der Waals surface area contributed by atoms with Crippen molar-refractivity contribution in [2.45, 2.75) is 23.2 Å². The van der Waals surface area contributed by atoms with Gasteiger partial charge in [-0.3, -0.25) is 0 Å². The summed E-state index contributed by atoms with van der Waals surface area (Å²) in [6.07, 6.45) is 5.13. The van der Waals surface area contributed by atoms with Gasteiger partial charge in [-0.15, -0.1) is 20.4 Å². The topological polar surface area (TPSA) is 113 Å². The lowest BCUT2D eigenvalue weighted by atomic mass is 10.4. The highest BCUT2D eigenvalue weighted by molar-refractivity contribution is 7.99. The summed E-state index contributed by atoms with van der Waals surface area (Å²) in [5.74, 6) is 13.1. The molecule has 0 radical (unpaired) electrons. The number of thioether (sulfide) groups is 2. The first kappa shape index (κ1) is 13.0. The number of rotatable bonds is 7. The first-order valence-corrected chi connectivity index (χ1v) is 7.30. The minimum atomic E-state index is 0.740. The molecule has 2 heterocycles. The van der Waals surface area contributed by atoms with E-state index in [1.165, 1.54) is 22.0 Å². The fourth-order valence-corrected chi connectivity index (χ4v) is 2.87. The molecule has 0 aliphatic carbocycles. The molecule has 0 aliphatic heterocycles. The molecule has 0 fully saturated rings. The maximum Gasteiger partial charge on any atom is 0.209 e. The molecule has 10 heteroatoms. The first-order valence-electron chi connectivity index (χ1n) is 5.33. The molecule has 2 rings (SSSR count). The van der Waals surface area contributed by atoms with Gasteiger partial charge in [-0.05, 0) is 12.8 Å². The maximum absolute atomic E-state index is 5.60. The molecule has 0 aliphatic rings. The second-order valence-corrected chi connectivity index (χ2v) is 5.57. The van der Waals surface area contributed by atoms with Gasteiger partial charge in [0.1, 0.15) is 12.7 Å². The largest absolute Gasteiger partial charge is 0.336 e. The van der Waals surface area contributed by atoms with Crippen LogP contribution in [0, 0.1) is 0 Å². The minimum Gasteiger partial charge on any atom is -0.336 e. The van der Waals surface area contributed by atoms with Gasteiger partial charge in [-0.1, -0.05) is 23.5 Å². The molecule has 0 unspecified atom stereocenters. The predicted molar refractivity (Wildman–Crippen MR) is 71.0 cm³/mol. The van der Waals surface area contributed by atoms with E-state index in [1.54, 1.807) is 23.5 Å². The third kappa shape index (κ3) is 3.53. The van der Waals surface area contributed by atoms with Crippen LogP contribution in [0.5, 0.6) is 0 Å². The van der Waals surface area contributed by atoms with Crippen LogP contribution in [-0.2, 0) is 0 Å². The monoisotopic (exact) mass is 286 g/mol. The summed E-state index contributed by atoms with van der Waals surface area (Å²) in [6, 6.07) is 0. The lowest BCUT2D eigenvalue weighted by Gasteiger charge is -2.01. The van der Waals surface area contributed by atoms with Gasteiger partial charge in [-0.2, -0.15) is 0 Å². The van der Waals surface area contributed by atoms with Crippen molar-refractivity contribution < 1.29 is 0 Å². The van der Waals surface area contributed by atoms with Crippen molar-refractivity contribution in [1.29, 1.82) is 0 Å². The second-order valence-electron chi connectivity index (χ2n) is 3.45. The van der Waals surface area contributed by atoms with Crippen LogP contribution in [0.1, 0.15) is 12.8 Å². The first-order chi connectivity index (χ1) is 8.77. The molecule has 8 nitrogen and oxygen atoms in total. The van der Waals surface area contributed by atoms with Crippen molar-refractivity contribution >= 4 is 23.5 Å². The van der Waals surface area contributed by atoms with Crippen molar-refractivity contribution in [3.63, 3.8) is 0 Å². The maximum atomic E-state index is 5.60. The van der Waals surface area contributed by atoms with E-state index in [4.69, 9.17) is 11.7 Å². The molecule has 0 aromatic carbocycles. The highest BCUT2D eigenvalue weighted by Gasteiger charge is 2.03. The van der Waals surface area contributed by atoms with Crippen LogP contribution < -0.4 is 11.7 Å². The minimum absolute atomic E-state index is 0.740. The zero-order chi connectivity index (χ0) is 12.8. The van der Waals surface area contributed by atoms with Crippen LogP contribution >= 0.6 is 23.5 Å². The number of hydrogen-bond donors (Lipinski definition) is 2. The third-order valence-corrected chi connectivity index (χ3v) is 4.17. The molecular weight excluding hydrogens is 272 g/mol. The molecule has 0 saturated heterocycles. The van der Waals surface area contributed by atoms with Gasteiger partial charge >= 0.3 is 0 Å². The molecular formula is C8H14N8S2. The van der Waals surface area contributed by atoms with Crippen molar-refractivity contribution in [3.8, 4) is 0 Å². The Morgan fingerprint density at radius 1 is 0.889 bits per heavy atom. The summed E-state index contributed by atoms with van der Waals surface area (Å²) in [5, 5.41) is 16.7. The quantitative estimate of drug-likeness (QED) is 0.414. The van der Waals surface area contributed by atoms with Gasteiger partial charge in [0.05, 0.1) is 0 Å². The van der Waals surface area contributed by atoms with E-state index in [0.29, 0.717) is 0 Å². The van der Waals surface area contributed by atoms with Crippen LogP contribution in [0.3, 0.4) is 0 Å². The zero-order valence-corrected chi connectivity index (χ0v) is 11.3. The fourth-order valence-electron chi connectivity index (χ4n) is 1.20. The average molecular weight is 286 g/mol. The van der Waals surface area contributed by atoms with Crippen molar-refractivity contribution in [1.82, 2.24) is 29.7 Å². The molecule has 2 aromatic heterocycles. The standard InChI is InChI=1S/C8H14N8S2/c9-15-5-11-13-7(15)17-3-1-2-4-18-8-14-12-6-16(8)10/h5-6H,1-4,9-10H2. The van der Waals surface area contributed by atoms with Crippen LogP contribution in [0.15, 0.2) is 23.0 Å². The van der Waals surface area contributed by atoms with E-state index in [-0.39, 0.29) is 0 Å². The summed E-state index contributed by atoms with van der Waals surface area (Å²) in [4.78, 5) is 0. The molecule has 2 aromatic rings. The summed E-state index contributed by atoms with van der Waals surface area (Å²) >= 11 is 3.20. The Labute approximate surface area is 112 Å². The van der Waals surface area contributed by atoms with E-state index in [2.05, 4.69) is 20.4 Å². The Hall–Kier alpha value is -1.42. The second kappa shape index (κ2) is 6.50. The van der Waals surface area contributed by atoms with E-state index < -0.39 is 0 Å². The summed E-state index contributed by atoms with van der Waals surface area (Å²) in [6.45, 7) is 0. The lowest BCUT2D eigenvalue weighted by molar-refractivity contribution is 0.831. The van der Waals surface area contributed by atoms with Crippen LogP contribution in [0.2, 0.25) is 0 Å². The highest BCUT2D eigenvalue weighted by atomic mass is 32.2. The molecule has 0 bridgehead atoms. The summed E-state index contributed by atoms with van der Waals surface area (Å²) in [7, 11) is 0. The Bertz CT molecular complexity index is 437. The number of unbranched alkanes of at least 4 members (excludes halogenated alkanes) is 1. The van der Waals surface area contributed by atoms with Crippen molar-refractivity contribution in [3.05, 3.63) is 12.7 Å². The lowest BCUT2D eigenvalue weighted by Crippen LogP contribution is -2.08. The van der Waals surface area contributed by atoms with E-state index in [9.17, 15) is 0 Å². The number of aromatic nitrogens is 6. The Morgan fingerprint density at radius 2 is 1.33 bits per heavy atom. The molecule has 18 heavy (non-hydrogen) atoms. The van der Waals surface area contributed by atoms with Gasteiger partial charge in [-0.25, -0.2) is 9.35 Å². The average Bonchev–Trinajstić information content (AvgIpc) is 2.94. The molecule has 0 atom stereocenters. The normalized spacial score (nSPS) is 10.9. The van der Waals surface area contributed by atoms with Crippen LogP contribution in [0.4, 0.5) is 0 Å². The predicted octanol–water partition coefficient (Wildman–Crippen LogP) is -0.0382. The zero-order valence-electron chi connectivity index (χ0n) is 9.64. The molecule has 4 N–H and O–H groups in total. The summed E-state index contributed by atoms with van der Waals surface area (Å²) < 4.78 is 2.85. The van der Waals surface area contributed by atoms with Gasteiger partial charge in [0, 0.05) is 11.5 Å². The Morgan fingerprint density at radius 3 is 1.67 bits per heavy atom. The van der Waals surface area contributed by atoms with Crippen molar-refractivity contribution in [2.75, 3.05) is 23.2 Å². The third-order valence-electron chi connectivity index (χ3n) is 2.08. The number of nitrogens with two attached hydrogens (primary N) is 2. The Balaban J connectivity index is 1.57. The van der Waals surface area contributed by atoms with Gasteiger partial charge < -0.3 is 11.7 Å². The van der Waals surface area contributed by atoms with E-state index in [0.717, 1.165) is 34.7 Å². The smallest absolute Gasteiger partial charge is 0.209 e. The SMILES string of the molecule is Nn1cnnc1SCCCCSc1nncn1N. The molecule has 0 saturated carbocycles. The van der Waals surface area contributed by atoms with Gasteiger partial charge in [0.15, 0.2) is 0 Å². The number of nitrogen functional groups attached to an aromatic ring is 2. The number of nitrogens with zero attached hydrogens (tertiary/aromatic N) is 6. The van der Waals surface area contributed by atoms with Gasteiger partial charge in [0.25, 0.3) is 0 Å². The molecule has 0 amide bonds. The van der Waals surface area contributed by atoms with Crippen molar-refractivity contribution in [2.24, 2.45) is 0 Å². The Kier molecular flexibility index (Phi) is 4.70. The van der Waals surface area contributed by atoms with E-state index >= 15 is 0 Å². The summed E-state index contributed by atoms with van der Waals surface area (Å²) in [5.41, 5.74) is 0. The molecule has 0 spiro atoms. The fraction of sp³-hybridized carbons (Fsp3) is 0.500. The van der Waals surface area contributed by atoms with Crippen LogP contribution in [0.25, 0.3) is 0 Å². The number of hydrogen-bond acceptors (Lipinski definition) is 8.